The highest BCUT2D eigenvalue weighted by Gasteiger charge is 2.35. The highest BCUT2D eigenvalue weighted by molar-refractivity contribution is 5.66. The minimum atomic E-state index is -0.0376. The summed E-state index contributed by atoms with van der Waals surface area (Å²) < 4.78 is 0. The van der Waals surface area contributed by atoms with E-state index in [0.717, 1.165) is 6.42 Å². The molecule has 0 bridgehead atoms. The predicted octanol–water partition coefficient (Wildman–Crippen LogP) is 4.85. The van der Waals surface area contributed by atoms with Crippen molar-refractivity contribution in [3.63, 3.8) is 0 Å². The Morgan fingerprint density at radius 1 is 0.929 bits per heavy atom. The molecule has 2 aliphatic carbocycles. The Kier molecular flexibility index (Phi) is 6.51. The number of hydrogen-bond acceptors (Lipinski definition) is 3. The molecule has 0 amide bonds. The Hall–Kier alpha value is -1.61. The second-order valence-corrected chi connectivity index (χ2v) is 8.97. The van der Waals surface area contributed by atoms with Gasteiger partial charge in [-0.3, -0.25) is 4.99 Å². The lowest BCUT2D eigenvalue weighted by Crippen LogP contribution is -2.45. The first-order valence-electron chi connectivity index (χ1n) is 11.5. The van der Waals surface area contributed by atoms with Crippen LogP contribution in [0.3, 0.4) is 0 Å². The molecule has 3 nitrogen and oxygen atoms in total. The summed E-state index contributed by atoms with van der Waals surface area (Å²) in [4.78, 5) is 7.82. The van der Waals surface area contributed by atoms with Crippen molar-refractivity contribution in [1.82, 2.24) is 0 Å². The molecule has 3 heteroatoms. The Morgan fingerprint density at radius 3 is 2.04 bits per heavy atom. The minimum Gasteiger partial charge on any atom is -0.394 e. The van der Waals surface area contributed by atoms with Gasteiger partial charge >= 0.3 is 0 Å². The fraction of sp³-hybridized carbons (Fsp3) is 0.640. The van der Waals surface area contributed by atoms with Crippen LogP contribution in [0.25, 0.3) is 0 Å². The number of aliphatic hydroxyl groups excluding tert-OH is 1. The summed E-state index contributed by atoms with van der Waals surface area (Å²) in [6, 6.07) is 11.8. The van der Waals surface area contributed by atoms with Gasteiger partial charge in [0.2, 0.25) is 0 Å². The van der Waals surface area contributed by atoms with Crippen LogP contribution < -0.4 is 10.3 Å². The molecule has 1 unspecified atom stereocenters. The molecule has 2 aliphatic rings. The summed E-state index contributed by atoms with van der Waals surface area (Å²) in [5.41, 5.74) is 4.06. The molecule has 28 heavy (non-hydrogen) atoms. The molecule has 1 N–H and O–H groups in total. The van der Waals surface area contributed by atoms with Crippen LogP contribution in [0.5, 0.6) is 0 Å². The van der Waals surface area contributed by atoms with E-state index in [9.17, 15) is 5.11 Å². The standard InChI is InChI=1S/C25H36N2O/c1-19-24(26-21(18-28)17-20-11-5-2-6-12-20)25(19)27(22-13-7-3-8-14-22)23-15-9-4-10-16-23/h2,5-6,11-12,21-23,28H,3-4,7-10,13-18H2,1H3. The highest BCUT2D eigenvalue weighted by Crippen LogP contribution is 2.36. The first kappa shape index (κ1) is 19.7. The van der Waals surface area contributed by atoms with Crippen LogP contribution in [-0.4, -0.2) is 29.8 Å². The minimum absolute atomic E-state index is 0.0376. The van der Waals surface area contributed by atoms with E-state index in [1.807, 2.05) is 6.07 Å². The molecular weight excluding hydrogens is 344 g/mol. The summed E-state index contributed by atoms with van der Waals surface area (Å²) in [5.74, 6) is 0. The maximum atomic E-state index is 9.93. The monoisotopic (exact) mass is 380 g/mol. The molecule has 0 aromatic heterocycles. The third-order valence-electron chi connectivity index (χ3n) is 6.90. The third kappa shape index (κ3) is 4.51. The van der Waals surface area contributed by atoms with Crippen molar-refractivity contribution in [1.29, 1.82) is 0 Å². The van der Waals surface area contributed by atoms with E-state index >= 15 is 0 Å². The van der Waals surface area contributed by atoms with Gasteiger partial charge in [0.15, 0.2) is 0 Å². The number of benzene rings is 1. The smallest absolute Gasteiger partial charge is 0.0866 e. The average Bonchev–Trinajstić information content (AvgIpc) is 3.38. The number of nitrogens with zero attached hydrogens (tertiary/aromatic N) is 2. The fourth-order valence-corrected chi connectivity index (χ4v) is 5.33. The van der Waals surface area contributed by atoms with E-state index in [4.69, 9.17) is 4.99 Å². The molecule has 0 spiro atoms. The van der Waals surface area contributed by atoms with Crippen LogP contribution in [-0.2, 0) is 6.42 Å². The summed E-state index contributed by atoms with van der Waals surface area (Å²) >= 11 is 0. The number of aliphatic hydroxyl groups is 1. The first-order valence-corrected chi connectivity index (χ1v) is 11.5. The fourth-order valence-electron chi connectivity index (χ4n) is 5.33. The molecule has 0 radical (unpaired) electrons. The molecule has 0 saturated heterocycles. The van der Waals surface area contributed by atoms with Gasteiger partial charge in [0.05, 0.1) is 23.7 Å². The largest absolute Gasteiger partial charge is 0.394 e. The summed E-state index contributed by atoms with van der Waals surface area (Å²) in [7, 11) is 0. The normalized spacial score (nSPS) is 21.3. The Balaban J connectivity index is 1.55. The van der Waals surface area contributed by atoms with Gasteiger partial charge in [0.1, 0.15) is 0 Å². The van der Waals surface area contributed by atoms with Gasteiger partial charge < -0.3 is 10.0 Å². The molecule has 0 heterocycles. The van der Waals surface area contributed by atoms with Gasteiger partial charge in [-0.15, -0.1) is 0 Å². The topological polar surface area (TPSA) is 35.8 Å². The van der Waals surface area contributed by atoms with Gasteiger partial charge in [-0.1, -0.05) is 68.9 Å². The molecule has 0 aliphatic heterocycles. The van der Waals surface area contributed by atoms with E-state index in [1.54, 1.807) is 0 Å². The second kappa shape index (κ2) is 9.26. The van der Waals surface area contributed by atoms with Crippen LogP contribution >= 0.6 is 0 Å². The molecule has 2 saturated carbocycles. The van der Waals surface area contributed by atoms with E-state index < -0.39 is 0 Å². The Morgan fingerprint density at radius 2 is 1.50 bits per heavy atom. The molecule has 4 rings (SSSR count). The zero-order valence-corrected chi connectivity index (χ0v) is 17.4. The van der Waals surface area contributed by atoms with Crippen molar-refractivity contribution >= 4 is 5.69 Å². The Bertz CT molecular complexity index is 729. The van der Waals surface area contributed by atoms with Crippen molar-refractivity contribution < 1.29 is 5.11 Å². The summed E-state index contributed by atoms with van der Waals surface area (Å²) in [6.07, 6.45) is 14.5. The third-order valence-corrected chi connectivity index (χ3v) is 6.90. The van der Waals surface area contributed by atoms with Crippen LogP contribution in [0.1, 0.15) is 75.3 Å². The van der Waals surface area contributed by atoms with Crippen LogP contribution in [0.2, 0.25) is 0 Å². The van der Waals surface area contributed by atoms with Gasteiger partial charge in [-0.25, -0.2) is 0 Å². The van der Waals surface area contributed by atoms with Crippen molar-refractivity contribution in [2.75, 3.05) is 11.5 Å². The summed E-state index contributed by atoms with van der Waals surface area (Å²) in [6.45, 7) is 2.36. The molecule has 2 fully saturated rings. The molecule has 1 atom stereocenters. The van der Waals surface area contributed by atoms with Crippen molar-refractivity contribution in [3.8, 4) is 0 Å². The lowest BCUT2D eigenvalue weighted by Gasteiger charge is -2.41. The van der Waals surface area contributed by atoms with Crippen molar-refractivity contribution in [2.45, 2.75) is 95.7 Å². The van der Waals surface area contributed by atoms with Crippen LogP contribution in [0, 0.1) is 6.92 Å². The SMILES string of the molecule is Cc1c(N(C2CCCCC2)C2CCCCC2)c1=NC(CO)Cc1ccccc1. The number of hydrogen-bond donors (Lipinski definition) is 1. The van der Waals surface area contributed by atoms with Gasteiger partial charge in [0, 0.05) is 17.6 Å². The molecular formula is C25H36N2O. The zero-order chi connectivity index (χ0) is 19.3. The van der Waals surface area contributed by atoms with Crippen LogP contribution in [0.4, 0.5) is 5.69 Å². The van der Waals surface area contributed by atoms with Crippen molar-refractivity contribution in [3.05, 3.63) is 46.8 Å². The van der Waals surface area contributed by atoms with Gasteiger partial charge in [0.25, 0.3) is 0 Å². The van der Waals surface area contributed by atoms with Gasteiger partial charge in [-0.2, -0.15) is 0 Å². The quantitative estimate of drug-likeness (QED) is 0.745. The van der Waals surface area contributed by atoms with E-state index in [1.165, 1.54) is 86.4 Å². The average molecular weight is 381 g/mol. The first-order chi connectivity index (χ1) is 13.8. The van der Waals surface area contributed by atoms with Crippen molar-refractivity contribution in [2.24, 2.45) is 4.99 Å². The predicted molar refractivity (Wildman–Crippen MR) is 116 cm³/mol. The van der Waals surface area contributed by atoms with Gasteiger partial charge in [-0.05, 0) is 44.6 Å². The van der Waals surface area contributed by atoms with E-state index in [2.05, 4.69) is 36.1 Å². The molecule has 2 aromatic rings. The van der Waals surface area contributed by atoms with Crippen LogP contribution in [0.15, 0.2) is 35.3 Å². The number of rotatable bonds is 7. The second-order valence-electron chi connectivity index (χ2n) is 8.97. The molecule has 2 aromatic carbocycles. The lowest BCUT2D eigenvalue weighted by atomic mass is 9.88. The Labute approximate surface area is 170 Å². The maximum Gasteiger partial charge on any atom is 0.0866 e. The zero-order valence-electron chi connectivity index (χ0n) is 17.4. The highest BCUT2D eigenvalue weighted by atomic mass is 16.3. The molecule has 152 valence electrons. The number of anilines is 1. The van der Waals surface area contributed by atoms with E-state index in [0.29, 0.717) is 12.1 Å². The maximum absolute atomic E-state index is 9.93. The lowest BCUT2D eigenvalue weighted by molar-refractivity contribution is 0.264. The summed E-state index contributed by atoms with van der Waals surface area (Å²) in [5, 5.41) is 11.1. The van der Waals surface area contributed by atoms with E-state index in [-0.39, 0.29) is 12.6 Å².